The molecule has 0 saturated carbocycles. The Morgan fingerprint density at radius 1 is 1.45 bits per heavy atom. The average molecular weight is 316 g/mol. The van der Waals surface area contributed by atoms with E-state index >= 15 is 0 Å². The average Bonchev–Trinajstić information content (AvgIpc) is 2.76. The quantitative estimate of drug-likeness (QED) is 0.769. The van der Waals surface area contributed by atoms with Gasteiger partial charge in [-0.2, -0.15) is 4.98 Å². The zero-order valence-electron chi connectivity index (χ0n) is 11.8. The minimum absolute atomic E-state index is 0.206. The van der Waals surface area contributed by atoms with Crippen LogP contribution in [0.5, 0.6) is 5.88 Å². The fourth-order valence-electron chi connectivity index (χ4n) is 2.07. The molecule has 2 rings (SSSR count). The van der Waals surface area contributed by atoms with E-state index < -0.39 is 10.8 Å². The van der Waals surface area contributed by atoms with Gasteiger partial charge in [0.25, 0.3) is 0 Å². The molecular weight excluding hydrogens is 298 g/mol. The van der Waals surface area contributed by atoms with Gasteiger partial charge in [0, 0.05) is 35.4 Å². The molecule has 0 aromatic carbocycles. The number of methoxy groups -OCH3 is 1. The number of hydrogen-bond donors (Lipinski definition) is 0. The first kappa shape index (κ1) is 15.3. The van der Waals surface area contributed by atoms with Crippen molar-refractivity contribution in [1.82, 2.24) is 14.5 Å². The van der Waals surface area contributed by atoms with Crippen LogP contribution in [0.2, 0.25) is 0 Å². The van der Waals surface area contributed by atoms with E-state index in [1.807, 2.05) is 17.6 Å². The summed E-state index contributed by atoms with van der Waals surface area (Å²) >= 11 is 6.19. The number of fused-ring (bicyclic) bond motifs is 1. The molecule has 7 heteroatoms. The summed E-state index contributed by atoms with van der Waals surface area (Å²) in [4.78, 5) is 8.96. The van der Waals surface area contributed by atoms with Gasteiger partial charge in [-0.1, -0.05) is 0 Å². The van der Waals surface area contributed by atoms with Crippen LogP contribution in [-0.2, 0) is 17.3 Å². The van der Waals surface area contributed by atoms with E-state index in [2.05, 4.69) is 9.97 Å². The number of pyridine rings is 1. The van der Waals surface area contributed by atoms with Crippen molar-refractivity contribution in [2.45, 2.75) is 25.3 Å². The van der Waals surface area contributed by atoms with Crippen LogP contribution in [0.25, 0.3) is 11.2 Å². The number of aryl methyl sites for hydroxylation is 1. The summed E-state index contributed by atoms with van der Waals surface area (Å²) in [7, 11) is 0.788. The van der Waals surface area contributed by atoms with Crippen LogP contribution in [0.4, 0.5) is 0 Å². The standard InChI is InChI=1S/C13H18ClN3O2S/c1-9(14)12-15-10-5-6-11(19-2)16-13(10)17(12)7-4-8-20(3)18/h5-6,9H,4,7-8H2,1-3H3. The molecule has 0 radical (unpaired) electrons. The number of alkyl halides is 1. The molecule has 2 aromatic heterocycles. The monoisotopic (exact) mass is 315 g/mol. The van der Waals surface area contributed by atoms with Crippen LogP contribution >= 0.6 is 11.6 Å². The van der Waals surface area contributed by atoms with E-state index in [1.54, 1.807) is 19.4 Å². The first-order valence-corrected chi connectivity index (χ1v) is 8.54. The summed E-state index contributed by atoms with van der Waals surface area (Å²) in [6, 6.07) is 3.65. The third kappa shape index (κ3) is 3.30. The van der Waals surface area contributed by atoms with E-state index in [4.69, 9.17) is 16.3 Å². The van der Waals surface area contributed by atoms with Crippen molar-refractivity contribution in [1.29, 1.82) is 0 Å². The summed E-state index contributed by atoms with van der Waals surface area (Å²) in [5.74, 6) is 1.98. The Morgan fingerprint density at radius 2 is 2.20 bits per heavy atom. The maximum absolute atomic E-state index is 11.2. The number of halogens is 1. The van der Waals surface area contributed by atoms with Gasteiger partial charge in [-0.15, -0.1) is 11.6 Å². The molecule has 5 nitrogen and oxygen atoms in total. The topological polar surface area (TPSA) is 57.0 Å². The lowest BCUT2D eigenvalue weighted by molar-refractivity contribution is 0.399. The fraction of sp³-hybridized carbons (Fsp3) is 0.538. The van der Waals surface area contributed by atoms with Crippen molar-refractivity contribution in [3.05, 3.63) is 18.0 Å². The second-order valence-electron chi connectivity index (χ2n) is 4.56. The van der Waals surface area contributed by atoms with Crippen LogP contribution in [0, 0.1) is 0 Å². The van der Waals surface area contributed by atoms with E-state index in [0.29, 0.717) is 18.2 Å². The maximum Gasteiger partial charge on any atom is 0.215 e. The lowest BCUT2D eigenvalue weighted by atomic mass is 10.4. The number of hydrogen-bond acceptors (Lipinski definition) is 4. The highest BCUT2D eigenvalue weighted by Crippen LogP contribution is 2.25. The minimum atomic E-state index is -0.796. The largest absolute Gasteiger partial charge is 0.481 e. The number of rotatable bonds is 6. The predicted molar refractivity (Wildman–Crippen MR) is 81.9 cm³/mol. The maximum atomic E-state index is 11.2. The molecule has 0 fully saturated rings. The summed E-state index contributed by atoms with van der Waals surface area (Å²) in [5, 5.41) is -0.206. The van der Waals surface area contributed by atoms with Crippen molar-refractivity contribution >= 4 is 33.6 Å². The Morgan fingerprint density at radius 3 is 2.80 bits per heavy atom. The molecule has 2 aromatic rings. The van der Waals surface area contributed by atoms with Gasteiger partial charge in [0.15, 0.2) is 5.65 Å². The van der Waals surface area contributed by atoms with Crippen LogP contribution in [0.15, 0.2) is 12.1 Å². The van der Waals surface area contributed by atoms with Gasteiger partial charge in [0.05, 0.1) is 12.5 Å². The Balaban J connectivity index is 2.40. The summed E-state index contributed by atoms with van der Waals surface area (Å²) in [6.45, 7) is 2.58. The first-order chi connectivity index (χ1) is 9.52. The van der Waals surface area contributed by atoms with Gasteiger partial charge in [-0.05, 0) is 19.4 Å². The van der Waals surface area contributed by atoms with E-state index in [0.717, 1.165) is 23.4 Å². The molecule has 110 valence electrons. The zero-order valence-corrected chi connectivity index (χ0v) is 13.4. The highest BCUT2D eigenvalue weighted by molar-refractivity contribution is 7.84. The van der Waals surface area contributed by atoms with Gasteiger partial charge < -0.3 is 9.30 Å². The number of nitrogens with zero attached hydrogens (tertiary/aromatic N) is 3. The summed E-state index contributed by atoms with van der Waals surface area (Å²) in [5.41, 5.74) is 1.56. The number of aromatic nitrogens is 3. The third-order valence-corrected chi connectivity index (χ3v) is 4.03. The molecule has 0 N–H and O–H groups in total. The second kappa shape index (κ2) is 6.54. The molecule has 20 heavy (non-hydrogen) atoms. The van der Waals surface area contributed by atoms with Crippen LogP contribution in [0.1, 0.15) is 24.5 Å². The Bertz CT molecular complexity index is 627. The normalized spacial score (nSPS) is 14.4. The molecule has 0 aliphatic carbocycles. The number of imidazole rings is 1. The Labute approximate surface area is 125 Å². The molecular formula is C13H18ClN3O2S. The second-order valence-corrected chi connectivity index (χ2v) is 6.77. The zero-order chi connectivity index (χ0) is 14.7. The van der Waals surface area contributed by atoms with Gasteiger partial charge >= 0.3 is 0 Å². The molecule has 2 heterocycles. The third-order valence-electron chi connectivity index (χ3n) is 2.97. The van der Waals surface area contributed by atoms with E-state index in [1.165, 1.54) is 0 Å². The molecule has 0 aliphatic heterocycles. The molecule has 0 saturated heterocycles. The van der Waals surface area contributed by atoms with Gasteiger partial charge in [0.1, 0.15) is 11.3 Å². The van der Waals surface area contributed by atoms with Gasteiger partial charge in [-0.25, -0.2) is 4.98 Å². The highest BCUT2D eigenvalue weighted by Gasteiger charge is 2.16. The summed E-state index contributed by atoms with van der Waals surface area (Å²) in [6.07, 6.45) is 2.50. The van der Waals surface area contributed by atoms with E-state index in [-0.39, 0.29) is 5.38 Å². The molecule has 2 atom stereocenters. The fourth-order valence-corrected chi connectivity index (χ4v) is 2.77. The highest BCUT2D eigenvalue weighted by atomic mass is 35.5. The molecule has 0 aliphatic rings. The van der Waals surface area contributed by atoms with Crippen molar-refractivity contribution in [2.24, 2.45) is 0 Å². The van der Waals surface area contributed by atoms with Crippen molar-refractivity contribution in [3.8, 4) is 5.88 Å². The Hall–Kier alpha value is -1.14. The molecule has 2 unspecified atom stereocenters. The molecule has 0 spiro atoms. The van der Waals surface area contributed by atoms with Crippen molar-refractivity contribution in [3.63, 3.8) is 0 Å². The summed E-state index contributed by atoms with van der Waals surface area (Å²) < 4.78 is 18.3. The minimum Gasteiger partial charge on any atom is -0.481 e. The molecule has 0 bridgehead atoms. The van der Waals surface area contributed by atoms with Gasteiger partial charge in [-0.3, -0.25) is 4.21 Å². The van der Waals surface area contributed by atoms with Crippen molar-refractivity contribution in [2.75, 3.05) is 19.1 Å². The number of ether oxygens (including phenoxy) is 1. The Kier molecular flexibility index (Phi) is 4.99. The lowest BCUT2D eigenvalue weighted by Gasteiger charge is -2.09. The SMILES string of the molecule is COc1ccc2nc(C(C)Cl)n(CCCS(C)=O)c2n1. The van der Waals surface area contributed by atoms with E-state index in [9.17, 15) is 4.21 Å². The van der Waals surface area contributed by atoms with Crippen LogP contribution in [-0.4, -0.2) is 37.9 Å². The van der Waals surface area contributed by atoms with Gasteiger partial charge in [0.2, 0.25) is 5.88 Å². The van der Waals surface area contributed by atoms with Crippen LogP contribution < -0.4 is 4.74 Å². The molecule has 0 amide bonds. The first-order valence-electron chi connectivity index (χ1n) is 6.38. The van der Waals surface area contributed by atoms with Crippen molar-refractivity contribution < 1.29 is 8.95 Å². The lowest BCUT2D eigenvalue weighted by Crippen LogP contribution is -2.08. The predicted octanol–water partition coefficient (Wildman–Crippen LogP) is 2.51. The van der Waals surface area contributed by atoms with Crippen LogP contribution in [0.3, 0.4) is 0 Å². The smallest absolute Gasteiger partial charge is 0.215 e.